The summed E-state index contributed by atoms with van der Waals surface area (Å²) < 4.78 is 4.64. The second-order valence-corrected chi connectivity index (χ2v) is 3.93. The van der Waals surface area contributed by atoms with Crippen LogP contribution >= 0.6 is 0 Å². The average molecular weight is 272 g/mol. The van der Waals surface area contributed by atoms with E-state index in [2.05, 4.69) is 15.0 Å². The standard InChI is InChI=1S/C14H12N2O4/c1-20-14(19)9-3-2-4-11(7-9)16-12-6-5-10(8-15-12)13(17)18/h2-8H,1H3,(H,15,16)(H,17,18). The number of carbonyl (C=O) groups excluding carboxylic acids is 1. The minimum absolute atomic E-state index is 0.110. The summed E-state index contributed by atoms with van der Waals surface area (Å²) in [6, 6.07) is 9.73. The lowest BCUT2D eigenvalue weighted by Crippen LogP contribution is -2.02. The van der Waals surface area contributed by atoms with Crippen LogP contribution in [0.3, 0.4) is 0 Å². The quantitative estimate of drug-likeness (QED) is 0.830. The Morgan fingerprint density at radius 2 is 2.00 bits per heavy atom. The van der Waals surface area contributed by atoms with E-state index in [9.17, 15) is 9.59 Å². The minimum Gasteiger partial charge on any atom is -0.478 e. The molecule has 1 heterocycles. The molecule has 0 spiro atoms. The van der Waals surface area contributed by atoms with Gasteiger partial charge in [0.25, 0.3) is 0 Å². The summed E-state index contributed by atoms with van der Waals surface area (Å²) >= 11 is 0. The maximum Gasteiger partial charge on any atom is 0.337 e. The summed E-state index contributed by atoms with van der Waals surface area (Å²) in [7, 11) is 1.31. The van der Waals surface area contributed by atoms with Gasteiger partial charge in [-0.15, -0.1) is 0 Å². The monoisotopic (exact) mass is 272 g/mol. The van der Waals surface area contributed by atoms with Crippen LogP contribution in [0.1, 0.15) is 20.7 Å². The number of benzene rings is 1. The number of pyridine rings is 1. The number of anilines is 2. The number of methoxy groups -OCH3 is 1. The second kappa shape index (κ2) is 5.83. The zero-order valence-corrected chi connectivity index (χ0v) is 10.7. The van der Waals surface area contributed by atoms with Gasteiger partial charge < -0.3 is 15.2 Å². The van der Waals surface area contributed by atoms with Gasteiger partial charge in [0.1, 0.15) is 5.82 Å². The smallest absolute Gasteiger partial charge is 0.337 e. The fourth-order valence-corrected chi connectivity index (χ4v) is 1.58. The maximum absolute atomic E-state index is 11.4. The Hall–Kier alpha value is -2.89. The molecule has 6 heteroatoms. The molecular formula is C14H12N2O4. The highest BCUT2D eigenvalue weighted by Crippen LogP contribution is 2.16. The lowest BCUT2D eigenvalue weighted by Gasteiger charge is -2.07. The molecule has 0 aliphatic rings. The maximum atomic E-state index is 11.4. The first kappa shape index (κ1) is 13.5. The summed E-state index contributed by atoms with van der Waals surface area (Å²) in [6.07, 6.45) is 1.26. The van der Waals surface area contributed by atoms with E-state index in [1.54, 1.807) is 30.3 Å². The van der Waals surface area contributed by atoms with Gasteiger partial charge in [0, 0.05) is 11.9 Å². The number of carboxylic acids is 1. The van der Waals surface area contributed by atoms with Crippen LogP contribution in [0.15, 0.2) is 42.6 Å². The molecule has 0 aliphatic heterocycles. The van der Waals surface area contributed by atoms with Crippen molar-refractivity contribution in [3.05, 3.63) is 53.7 Å². The van der Waals surface area contributed by atoms with Gasteiger partial charge in [0.15, 0.2) is 0 Å². The SMILES string of the molecule is COC(=O)c1cccc(Nc2ccc(C(=O)O)cn2)c1. The van der Waals surface area contributed by atoms with Crippen LogP contribution in [-0.2, 0) is 4.74 Å². The van der Waals surface area contributed by atoms with E-state index in [0.717, 1.165) is 0 Å². The molecule has 0 amide bonds. The van der Waals surface area contributed by atoms with Crippen molar-refractivity contribution in [2.75, 3.05) is 12.4 Å². The highest BCUT2D eigenvalue weighted by atomic mass is 16.5. The number of rotatable bonds is 4. The van der Waals surface area contributed by atoms with Crippen molar-refractivity contribution in [1.29, 1.82) is 0 Å². The second-order valence-electron chi connectivity index (χ2n) is 3.93. The van der Waals surface area contributed by atoms with Gasteiger partial charge in [-0.2, -0.15) is 0 Å². The van der Waals surface area contributed by atoms with Crippen molar-refractivity contribution in [3.63, 3.8) is 0 Å². The van der Waals surface area contributed by atoms with Crippen molar-refractivity contribution in [3.8, 4) is 0 Å². The number of nitrogens with zero attached hydrogens (tertiary/aromatic N) is 1. The molecule has 20 heavy (non-hydrogen) atoms. The van der Waals surface area contributed by atoms with Crippen LogP contribution in [0.25, 0.3) is 0 Å². The molecule has 0 saturated carbocycles. The van der Waals surface area contributed by atoms with Gasteiger partial charge in [-0.25, -0.2) is 14.6 Å². The molecule has 0 atom stereocenters. The number of carbonyl (C=O) groups is 2. The van der Waals surface area contributed by atoms with Gasteiger partial charge in [0.2, 0.25) is 0 Å². The van der Waals surface area contributed by atoms with Crippen molar-refractivity contribution in [2.24, 2.45) is 0 Å². The van der Waals surface area contributed by atoms with Crippen LogP contribution in [0, 0.1) is 0 Å². The molecule has 2 rings (SSSR count). The molecule has 0 aliphatic carbocycles. The Morgan fingerprint density at radius 3 is 2.60 bits per heavy atom. The highest BCUT2D eigenvalue weighted by molar-refractivity contribution is 5.90. The van der Waals surface area contributed by atoms with Gasteiger partial charge in [0.05, 0.1) is 18.2 Å². The molecule has 0 unspecified atom stereocenters. The minimum atomic E-state index is -1.03. The van der Waals surface area contributed by atoms with Crippen LogP contribution in [-0.4, -0.2) is 29.1 Å². The summed E-state index contributed by atoms with van der Waals surface area (Å²) in [4.78, 5) is 26.1. The van der Waals surface area contributed by atoms with Crippen LogP contribution in [0.4, 0.5) is 11.5 Å². The zero-order valence-electron chi connectivity index (χ0n) is 10.7. The van der Waals surface area contributed by atoms with E-state index in [1.165, 1.54) is 19.4 Å². The summed E-state index contributed by atoms with van der Waals surface area (Å²) in [5.41, 5.74) is 1.18. The Labute approximate surface area is 115 Å². The lowest BCUT2D eigenvalue weighted by atomic mass is 10.2. The number of hydrogen-bond acceptors (Lipinski definition) is 5. The van der Waals surface area contributed by atoms with Crippen molar-refractivity contribution in [2.45, 2.75) is 0 Å². The average Bonchev–Trinajstić information content (AvgIpc) is 2.47. The predicted octanol–water partition coefficient (Wildman–Crippen LogP) is 2.31. The highest BCUT2D eigenvalue weighted by Gasteiger charge is 2.06. The Bertz CT molecular complexity index is 638. The Kier molecular flexibility index (Phi) is 3.95. The fourth-order valence-electron chi connectivity index (χ4n) is 1.58. The lowest BCUT2D eigenvalue weighted by molar-refractivity contribution is 0.0600. The van der Waals surface area contributed by atoms with Gasteiger partial charge in [-0.3, -0.25) is 0 Å². The molecule has 0 fully saturated rings. The molecule has 0 saturated heterocycles. The van der Waals surface area contributed by atoms with Gasteiger partial charge in [-0.05, 0) is 30.3 Å². The third kappa shape index (κ3) is 3.11. The summed E-state index contributed by atoms with van der Waals surface area (Å²) in [5.74, 6) is -0.975. The molecule has 0 bridgehead atoms. The van der Waals surface area contributed by atoms with Gasteiger partial charge >= 0.3 is 11.9 Å². The Balaban J connectivity index is 2.17. The number of hydrogen-bond donors (Lipinski definition) is 2. The van der Waals surface area contributed by atoms with Crippen LogP contribution < -0.4 is 5.32 Å². The van der Waals surface area contributed by atoms with E-state index < -0.39 is 11.9 Å². The van der Waals surface area contributed by atoms with Crippen molar-refractivity contribution >= 4 is 23.4 Å². The first-order valence-corrected chi connectivity index (χ1v) is 5.75. The topological polar surface area (TPSA) is 88.5 Å². The molecule has 102 valence electrons. The van der Waals surface area contributed by atoms with Gasteiger partial charge in [-0.1, -0.05) is 6.07 Å². The number of nitrogens with one attached hydrogen (secondary N) is 1. The normalized spacial score (nSPS) is 9.85. The van der Waals surface area contributed by atoms with E-state index in [-0.39, 0.29) is 5.56 Å². The van der Waals surface area contributed by atoms with E-state index in [0.29, 0.717) is 17.1 Å². The number of aromatic nitrogens is 1. The van der Waals surface area contributed by atoms with Crippen molar-refractivity contribution in [1.82, 2.24) is 4.98 Å². The molecular weight excluding hydrogens is 260 g/mol. The fraction of sp³-hybridized carbons (Fsp3) is 0.0714. The first-order chi connectivity index (χ1) is 9.60. The predicted molar refractivity (Wildman–Crippen MR) is 72.3 cm³/mol. The molecule has 0 radical (unpaired) electrons. The third-order valence-electron chi connectivity index (χ3n) is 2.57. The van der Waals surface area contributed by atoms with E-state index in [4.69, 9.17) is 5.11 Å². The number of aromatic carboxylic acids is 1. The first-order valence-electron chi connectivity index (χ1n) is 5.75. The zero-order chi connectivity index (χ0) is 14.5. The van der Waals surface area contributed by atoms with Crippen LogP contribution in [0.2, 0.25) is 0 Å². The molecule has 1 aromatic heterocycles. The largest absolute Gasteiger partial charge is 0.478 e. The molecule has 2 aromatic rings. The number of ether oxygens (including phenoxy) is 1. The van der Waals surface area contributed by atoms with E-state index >= 15 is 0 Å². The van der Waals surface area contributed by atoms with E-state index in [1.807, 2.05) is 0 Å². The number of carboxylic acid groups (broad SMARTS) is 1. The summed E-state index contributed by atoms with van der Waals surface area (Å²) in [6.45, 7) is 0. The summed E-state index contributed by atoms with van der Waals surface area (Å²) in [5, 5.41) is 11.8. The molecule has 1 aromatic carbocycles. The molecule has 2 N–H and O–H groups in total. The van der Waals surface area contributed by atoms with Crippen LogP contribution in [0.5, 0.6) is 0 Å². The van der Waals surface area contributed by atoms with Crippen molar-refractivity contribution < 1.29 is 19.4 Å². The third-order valence-corrected chi connectivity index (χ3v) is 2.57. The Morgan fingerprint density at radius 1 is 1.20 bits per heavy atom. The number of esters is 1. The molecule has 6 nitrogen and oxygen atoms in total.